The Morgan fingerprint density at radius 3 is 2.15 bits per heavy atom. The van der Waals surface area contributed by atoms with E-state index in [9.17, 15) is 0 Å². The van der Waals surface area contributed by atoms with E-state index in [1.807, 2.05) is 66.7 Å². The Morgan fingerprint density at radius 1 is 0.788 bits per heavy atom. The van der Waals surface area contributed by atoms with Gasteiger partial charge in [0.25, 0.3) is 0 Å². The molecule has 0 saturated heterocycles. The molecular formula is C27H24BrClN2O2. The Labute approximate surface area is 207 Å². The summed E-state index contributed by atoms with van der Waals surface area (Å²) in [6.45, 7) is 1.07. The van der Waals surface area contributed by atoms with E-state index in [1.165, 1.54) is 0 Å². The fourth-order valence-electron chi connectivity index (χ4n) is 3.32. The summed E-state index contributed by atoms with van der Waals surface area (Å²) < 4.78 is 12.5. The third-order valence-electron chi connectivity index (χ3n) is 5.03. The van der Waals surface area contributed by atoms with Crippen molar-refractivity contribution in [2.75, 3.05) is 17.7 Å². The molecule has 0 aliphatic carbocycles. The van der Waals surface area contributed by atoms with Crippen LogP contribution in [0.2, 0.25) is 5.02 Å². The van der Waals surface area contributed by atoms with E-state index in [0.717, 1.165) is 32.7 Å². The van der Waals surface area contributed by atoms with E-state index in [-0.39, 0.29) is 0 Å². The van der Waals surface area contributed by atoms with Crippen LogP contribution >= 0.6 is 27.5 Å². The molecule has 0 amide bonds. The zero-order valence-corrected chi connectivity index (χ0v) is 20.5. The van der Waals surface area contributed by atoms with Gasteiger partial charge < -0.3 is 20.1 Å². The number of rotatable bonds is 9. The van der Waals surface area contributed by atoms with E-state index in [2.05, 4.69) is 50.8 Å². The maximum atomic E-state index is 6.02. The van der Waals surface area contributed by atoms with Crippen molar-refractivity contribution in [2.24, 2.45) is 0 Å². The van der Waals surface area contributed by atoms with Gasteiger partial charge in [0.1, 0.15) is 6.61 Å². The Bertz CT molecular complexity index is 1180. The Balaban J connectivity index is 1.38. The first-order valence-electron chi connectivity index (χ1n) is 10.5. The fraction of sp³-hybridized carbons (Fsp3) is 0.111. The molecule has 4 aromatic carbocycles. The average molecular weight is 524 g/mol. The summed E-state index contributed by atoms with van der Waals surface area (Å²) in [5.41, 5.74) is 5.24. The lowest BCUT2D eigenvalue weighted by molar-refractivity contribution is 0.282. The SMILES string of the molecule is COc1cc(CNc2ccc(Nc3ccccc3)cc2)cc(Br)c1OCc1ccc(Cl)cc1. The number of nitrogens with one attached hydrogen (secondary N) is 2. The summed E-state index contributed by atoms with van der Waals surface area (Å²) >= 11 is 9.59. The van der Waals surface area contributed by atoms with Crippen molar-refractivity contribution in [3.05, 3.63) is 112 Å². The molecule has 2 N–H and O–H groups in total. The van der Waals surface area contributed by atoms with Crippen molar-refractivity contribution in [3.63, 3.8) is 0 Å². The quantitative estimate of drug-likeness (QED) is 0.233. The highest BCUT2D eigenvalue weighted by Crippen LogP contribution is 2.37. The normalized spacial score (nSPS) is 10.5. The van der Waals surface area contributed by atoms with E-state index in [1.54, 1.807) is 7.11 Å². The Hall–Kier alpha value is -3.15. The minimum atomic E-state index is 0.424. The lowest BCUT2D eigenvalue weighted by Gasteiger charge is -2.15. The number of hydrogen-bond donors (Lipinski definition) is 2. The summed E-state index contributed by atoms with van der Waals surface area (Å²) in [7, 11) is 1.65. The van der Waals surface area contributed by atoms with Gasteiger partial charge in [0.2, 0.25) is 0 Å². The van der Waals surface area contributed by atoms with Gasteiger partial charge in [-0.05, 0) is 87.7 Å². The molecule has 4 rings (SSSR count). The van der Waals surface area contributed by atoms with E-state index in [4.69, 9.17) is 21.1 Å². The largest absolute Gasteiger partial charge is 0.493 e. The lowest BCUT2D eigenvalue weighted by atomic mass is 10.2. The van der Waals surface area contributed by atoms with E-state index in [0.29, 0.717) is 29.7 Å². The van der Waals surface area contributed by atoms with Crippen LogP contribution in [0, 0.1) is 0 Å². The predicted octanol–water partition coefficient (Wildman–Crippen LogP) is 8.05. The lowest BCUT2D eigenvalue weighted by Crippen LogP contribution is -2.03. The molecule has 0 saturated carbocycles. The van der Waals surface area contributed by atoms with E-state index >= 15 is 0 Å². The molecule has 168 valence electrons. The zero-order chi connectivity index (χ0) is 23.0. The molecule has 4 nitrogen and oxygen atoms in total. The number of ether oxygens (including phenoxy) is 2. The number of anilines is 3. The maximum absolute atomic E-state index is 6.02. The molecule has 0 spiro atoms. The highest BCUT2D eigenvalue weighted by Gasteiger charge is 2.12. The molecule has 33 heavy (non-hydrogen) atoms. The third kappa shape index (κ3) is 6.44. The molecule has 0 aromatic heterocycles. The average Bonchev–Trinajstić information content (AvgIpc) is 2.84. The first kappa shape index (κ1) is 23.0. The summed E-state index contributed by atoms with van der Waals surface area (Å²) in [6, 6.07) is 30.0. The molecular weight excluding hydrogens is 500 g/mol. The second-order valence-corrected chi connectivity index (χ2v) is 8.74. The first-order chi connectivity index (χ1) is 16.1. The van der Waals surface area contributed by atoms with Crippen molar-refractivity contribution in [2.45, 2.75) is 13.2 Å². The predicted molar refractivity (Wildman–Crippen MR) is 140 cm³/mol. The van der Waals surface area contributed by atoms with Crippen LogP contribution in [0.1, 0.15) is 11.1 Å². The molecule has 6 heteroatoms. The van der Waals surface area contributed by atoms with Gasteiger partial charge in [0.05, 0.1) is 11.6 Å². The smallest absolute Gasteiger partial charge is 0.175 e. The zero-order valence-electron chi connectivity index (χ0n) is 18.1. The van der Waals surface area contributed by atoms with Crippen LogP contribution in [0.15, 0.2) is 95.5 Å². The summed E-state index contributed by atoms with van der Waals surface area (Å²) in [5.74, 6) is 1.35. The van der Waals surface area contributed by atoms with Crippen molar-refractivity contribution >= 4 is 44.6 Å². The number of para-hydroxylation sites is 1. The molecule has 0 heterocycles. The van der Waals surface area contributed by atoms with E-state index < -0.39 is 0 Å². The van der Waals surface area contributed by atoms with Gasteiger partial charge in [-0.2, -0.15) is 0 Å². The highest BCUT2D eigenvalue weighted by molar-refractivity contribution is 9.10. The standard InChI is InChI=1S/C27H24BrClN2O2/c1-32-26-16-20(15-25(28)27(26)33-18-19-7-9-21(29)10-8-19)17-30-22-11-13-24(14-12-22)31-23-5-3-2-4-6-23/h2-16,30-31H,17-18H2,1H3. The molecule has 4 aromatic rings. The second-order valence-electron chi connectivity index (χ2n) is 7.45. The number of benzene rings is 4. The van der Waals surface area contributed by atoms with Crippen LogP contribution in [0.4, 0.5) is 17.1 Å². The Kier molecular flexibility index (Phi) is 7.76. The van der Waals surface area contributed by atoms with Gasteiger partial charge in [-0.25, -0.2) is 0 Å². The van der Waals surface area contributed by atoms with Crippen LogP contribution in [0.5, 0.6) is 11.5 Å². The highest BCUT2D eigenvalue weighted by atomic mass is 79.9. The van der Waals surface area contributed by atoms with Crippen LogP contribution in [0.3, 0.4) is 0 Å². The van der Waals surface area contributed by atoms with Crippen LogP contribution in [0.25, 0.3) is 0 Å². The number of methoxy groups -OCH3 is 1. The molecule has 0 fully saturated rings. The maximum Gasteiger partial charge on any atom is 0.175 e. The molecule has 0 radical (unpaired) electrons. The number of halogens is 2. The summed E-state index contributed by atoms with van der Waals surface area (Å²) in [5, 5.41) is 7.55. The minimum Gasteiger partial charge on any atom is -0.493 e. The molecule has 0 unspecified atom stereocenters. The fourth-order valence-corrected chi connectivity index (χ4v) is 4.05. The van der Waals surface area contributed by atoms with Gasteiger partial charge in [-0.15, -0.1) is 0 Å². The van der Waals surface area contributed by atoms with Gasteiger partial charge >= 0.3 is 0 Å². The van der Waals surface area contributed by atoms with Gasteiger partial charge in [-0.1, -0.05) is 41.9 Å². The minimum absolute atomic E-state index is 0.424. The monoisotopic (exact) mass is 522 g/mol. The molecule has 0 bridgehead atoms. The van der Waals surface area contributed by atoms with Gasteiger partial charge in [-0.3, -0.25) is 0 Å². The topological polar surface area (TPSA) is 42.5 Å². The first-order valence-corrected chi connectivity index (χ1v) is 11.7. The van der Waals surface area contributed by atoms with Crippen molar-refractivity contribution in [1.29, 1.82) is 0 Å². The number of hydrogen-bond acceptors (Lipinski definition) is 4. The van der Waals surface area contributed by atoms with Crippen molar-refractivity contribution < 1.29 is 9.47 Å². The second kappa shape index (κ2) is 11.1. The van der Waals surface area contributed by atoms with Crippen LogP contribution in [-0.4, -0.2) is 7.11 Å². The van der Waals surface area contributed by atoms with Crippen molar-refractivity contribution in [3.8, 4) is 11.5 Å². The van der Waals surface area contributed by atoms with Crippen molar-refractivity contribution in [1.82, 2.24) is 0 Å². The summed E-state index contributed by atoms with van der Waals surface area (Å²) in [4.78, 5) is 0. The molecule has 0 atom stereocenters. The molecule has 0 aliphatic heterocycles. The van der Waals surface area contributed by atoms with Gasteiger partial charge in [0, 0.05) is 28.6 Å². The third-order valence-corrected chi connectivity index (χ3v) is 5.87. The van der Waals surface area contributed by atoms with Crippen LogP contribution < -0.4 is 20.1 Å². The molecule has 0 aliphatic rings. The summed E-state index contributed by atoms with van der Waals surface area (Å²) in [6.07, 6.45) is 0. The van der Waals surface area contributed by atoms with Gasteiger partial charge in [0.15, 0.2) is 11.5 Å². The van der Waals surface area contributed by atoms with Crippen LogP contribution in [-0.2, 0) is 13.2 Å². The Morgan fingerprint density at radius 2 is 1.45 bits per heavy atom.